The van der Waals surface area contributed by atoms with Crippen molar-refractivity contribution in [2.24, 2.45) is 0 Å². The average Bonchev–Trinajstić information content (AvgIpc) is 2.54. The van der Waals surface area contributed by atoms with Crippen LogP contribution in [0.5, 0.6) is 5.75 Å². The first kappa shape index (κ1) is 18.7. The number of benzene rings is 2. The lowest BCUT2D eigenvalue weighted by Gasteiger charge is -2.18. The molecule has 2 nitrogen and oxygen atoms in total. The molecule has 0 aliphatic rings. The van der Waals surface area contributed by atoms with Gasteiger partial charge >= 0.3 is 0 Å². The van der Waals surface area contributed by atoms with Gasteiger partial charge in [0, 0.05) is 12.7 Å². The summed E-state index contributed by atoms with van der Waals surface area (Å²) in [7, 11) is 4.43. The summed E-state index contributed by atoms with van der Waals surface area (Å²) in [6, 6.07) is 18.0. The van der Waals surface area contributed by atoms with Gasteiger partial charge in [-0.1, -0.05) is 69.7 Å². The Labute approximate surface area is 137 Å². The molecule has 3 unspecified atom stereocenters. The molecular formula is C19H27O2P. The Kier molecular flexibility index (Phi) is 8.81. The standard InChI is InChI=1S/C16H19O2P.C3H8/c1-12(19)13-8-10-15(11-9-13)18-16(17-2)14-6-4-3-5-7-14;1-3-2/h3-12,16H,19H2,1-2H3;3H2,1-2H3. The van der Waals surface area contributed by atoms with Gasteiger partial charge in [0.1, 0.15) is 5.75 Å². The summed E-state index contributed by atoms with van der Waals surface area (Å²) < 4.78 is 11.2. The second-order valence-electron chi connectivity index (χ2n) is 5.16. The lowest BCUT2D eigenvalue weighted by Crippen LogP contribution is -2.09. The van der Waals surface area contributed by atoms with Crippen LogP contribution in [-0.2, 0) is 4.74 Å². The van der Waals surface area contributed by atoms with Crippen LogP contribution in [0.3, 0.4) is 0 Å². The molecule has 2 aromatic carbocycles. The van der Waals surface area contributed by atoms with Crippen molar-refractivity contribution in [1.29, 1.82) is 0 Å². The Hall–Kier alpha value is -1.37. The van der Waals surface area contributed by atoms with E-state index in [1.165, 1.54) is 12.0 Å². The maximum Gasteiger partial charge on any atom is 0.226 e. The van der Waals surface area contributed by atoms with Crippen LogP contribution in [0.1, 0.15) is 50.3 Å². The van der Waals surface area contributed by atoms with Gasteiger partial charge in [0.25, 0.3) is 0 Å². The molecule has 0 saturated heterocycles. The van der Waals surface area contributed by atoms with Crippen LogP contribution in [0.4, 0.5) is 0 Å². The summed E-state index contributed by atoms with van der Waals surface area (Å²) in [5.74, 6) is 0.810. The third kappa shape index (κ3) is 6.17. The average molecular weight is 318 g/mol. The van der Waals surface area contributed by atoms with Gasteiger partial charge < -0.3 is 9.47 Å². The van der Waals surface area contributed by atoms with E-state index >= 15 is 0 Å². The van der Waals surface area contributed by atoms with Gasteiger partial charge in [-0.05, 0) is 23.4 Å². The van der Waals surface area contributed by atoms with Crippen LogP contribution in [0.2, 0.25) is 0 Å². The molecule has 3 heteroatoms. The maximum atomic E-state index is 5.86. The van der Waals surface area contributed by atoms with Crippen molar-refractivity contribution in [3.05, 3.63) is 65.7 Å². The number of hydrogen-bond acceptors (Lipinski definition) is 2. The van der Waals surface area contributed by atoms with Crippen molar-refractivity contribution in [2.45, 2.75) is 39.1 Å². The summed E-state index contributed by atoms with van der Waals surface area (Å²) in [5.41, 5.74) is 2.72. The molecule has 0 fully saturated rings. The number of ether oxygens (including phenoxy) is 2. The van der Waals surface area contributed by atoms with Crippen LogP contribution in [0, 0.1) is 0 Å². The molecule has 2 rings (SSSR count). The minimum absolute atomic E-state index is 0.375. The van der Waals surface area contributed by atoms with E-state index in [1.54, 1.807) is 7.11 Å². The predicted octanol–water partition coefficient (Wildman–Crippen LogP) is 5.76. The lowest BCUT2D eigenvalue weighted by molar-refractivity contribution is -0.0562. The molecular weight excluding hydrogens is 291 g/mol. The third-order valence-corrected chi connectivity index (χ3v) is 3.32. The van der Waals surface area contributed by atoms with Crippen LogP contribution in [0.15, 0.2) is 54.6 Å². The van der Waals surface area contributed by atoms with Crippen molar-refractivity contribution in [1.82, 2.24) is 0 Å². The SMILES string of the molecule is CCC.COC(Oc1ccc(C(C)P)cc1)c1ccccc1. The van der Waals surface area contributed by atoms with E-state index in [-0.39, 0.29) is 6.29 Å². The minimum Gasteiger partial charge on any atom is -0.461 e. The van der Waals surface area contributed by atoms with Crippen molar-refractivity contribution < 1.29 is 9.47 Å². The fourth-order valence-corrected chi connectivity index (χ4v) is 2.06. The van der Waals surface area contributed by atoms with Crippen molar-refractivity contribution >= 4 is 9.24 Å². The lowest BCUT2D eigenvalue weighted by atomic mass is 10.1. The molecule has 0 aliphatic carbocycles. The monoisotopic (exact) mass is 318 g/mol. The van der Waals surface area contributed by atoms with Crippen molar-refractivity contribution in [2.75, 3.05) is 7.11 Å². The van der Waals surface area contributed by atoms with Gasteiger partial charge in [0.15, 0.2) is 0 Å². The summed E-state index contributed by atoms with van der Waals surface area (Å²) in [6.45, 7) is 6.39. The van der Waals surface area contributed by atoms with Crippen LogP contribution in [0.25, 0.3) is 0 Å². The minimum atomic E-state index is -0.375. The molecule has 0 N–H and O–H groups in total. The first-order chi connectivity index (χ1) is 10.6. The van der Waals surface area contributed by atoms with E-state index in [4.69, 9.17) is 9.47 Å². The molecule has 2 aromatic rings. The van der Waals surface area contributed by atoms with Gasteiger partial charge in [-0.2, -0.15) is 0 Å². The molecule has 0 saturated carbocycles. The predicted molar refractivity (Wildman–Crippen MR) is 97.4 cm³/mol. The fraction of sp³-hybridized carbons (Fsp3) is 0.368. The smallest absolute Gasteiger partial charge is 0.226 e. The highest BCUT2D eigenvalue weighted by Gasteiger charge is 2.11. The summed E-state index contributed by atoms with van der Waals surface area (Å²) in [5, 5.41) is 0. The molecule has 0 heterocycles. The molecule has 0 aliphatic heterocycles. The Morgan fingerprint density at radius 2 is 1.45 bits per heavy atom. The van der Waals surface area contributed by atoms with Gasteiger partial charge in [-0.15, -0.1) is 9.24 Å². The highest BCUT2D eigenvalue weighted by Crippen LogP contribution is 2.26. The zero-order valence-corrected chi connectivity index (χ0v) is 15.1. The highest BCUT2D eigenvalue weighted by atomic mass is 31.0. The molecule has 0 aromatic heterocycles. The second-order valence-corrected chi connectivity index (χ2v) is 6.16. The normalized spacial score (nSPS) is 12.8. The topological polar surface area (TPSA) is 18.5 Å². The molecule has 0 amide bonds. The van der Waals surface area contributed by atoms with E-state index in [0.717, 1.165) is 11.3 Å². The van der Waals surface area contributed by atoms with Crippen LogP contribution >= 0.6 is 9.24 Å². The van der Waals surface area contributed by atoms with Crippen LogP contribution < -0.4 is 4.74 Å². The Bertz CT molecular complexity index is 509. The Morgan fingerprint density at radius 3 is 1.91 bits per heavy atom. The van der Waals surface area contributed by atoms with E-state index < -0.39 is 0 Å². The molecule has 3 atom stereocenters. The van der Waals surface area contributed by atoms with E-state index in [0.29, 0.717) is 5.66 Å². The highest BCUT2D eigenvalue weighted by molar-refractivity contribution is 7.17. The van der Waals surface area contributed by atoms with Crippen molar-refractivity contribution in [3.8, 4) is 5.75 Å². The zero-order valence-electron chi connectivity index (χ0n) is 14.0. The summed E-state index contributed by atoms with van der Waals surface area (Å²) in [6.07, 6.45) is 0.875. The second kappa shape index (κ2) is 10.4. The fourth-order valence-electron chi connectivity index (χ4n) is 1.84. The van der Waals surface area contributed by atoms with Gasteiger partial charge in [0.2, 0.25) is 6.29 Å². The third-order valence-electron chi connectivity index (χ3n) is 2.93. The van der Waals surface area contributed by atoms with Crippen molar-refractivity contribution in [3.63, 3.8) is 0 Å². The first-order valence-electron chi connectivity index (χ1n) is 7.72. The van der Waals surface area contributed by atoms with E-state index in [2.05, 4.69) is 42.1 Å². The summed E-state index contributed by atoms with van der Waals surface area (Å²) >= 11 is 0. The molecule has 0 spiro atoms. The quantitative estimate of drug-likeness (QED) is 0.515. The number of methoxy groups -OCH3 is 1. The van der Waals surface area contributed by atoms with E-state index in [1.807, 2.05) is 42.5 Å². The number of rotatable bonds is 5. The number of hydrogen-bond donors (Lipinski definition) is 0. The van der Waals surface area contributed by atoms with Gasteiger partial charge in [-0.3, -0.25) is 0 Å². The van der Waals surface area contributed by atoms with Crippen LogP contribution in [-0.4, -0.2) is 7.11 Å². The summed E-state index contributed by atoms with van der Waals surface area (Å²) in [4.78, 5) is 0. The zero-order chi connectivity index (χ0) is 16.4. The largest absolute Gasteiger partial charge is 0.461 e. The molecule has 0 bridgehead atoms. The first-order valence-corrected chi connectivity index (χ1v) is 8.38. The Morgan fingerprint density at radius 1 is 0.909 bits per heavy atom. The molecule has 22 heavy (non-hydrogen) atoms. The van der Waals surface area contributed by atoms with E-state index in [9.17, 15) is 0 Å². The Balaban J connectivity index is 0.000000745. The maximum absolute atomic E-state index is 5.86. The van der Waals surface area contributed by atoms with Gasteiger partial charge in [0.05, 0.1) is 0 Å². The van der Waals surface area contributed by atoms with Gasteiger partial charge in [-0.25, -0.2) is 0 Å². The molecule has 0 radical (unpaired) electrons. The molecule has 120 valence electrons.